The van der Waals surface area contributed by atoms with Gasteiger partial charge in [0, 0.05) is 18.3 Å². The molecular weight excluding hydrogens is 350 g/mol. The van der Waals surface area contributed by atoms with Gasteiger partial charge in [-0.3, -0.25) is 0 Å². The fourth-order valence-corrected chi connectivity index (χ4v) is 2.01. The molecule has 0 radical (unpaired) electrons. The number of hydrogen-bond acceptors (Lipinski definition) is 5. The van der Waals surface area contributed by atoms with Gasteiger partial charge >= 0.3 is 5.97 Å². The van der Waals surface area contributed by atoms with Crippen LogP contribution in [0.3, 0.4) is 0 Å². The van der Waals surface area contributed by atoms with E-state index in [1.54, 1.807) is 56.8 Å². The van der Waals surface area contributed by atoms with Crippen molar-refractivity contribution in [3.63, 3.8) is 0 Å². The summed E-state index contributed by atoms with van der Waals surface area (Å²) in [4.78, 5) is 15.8. The van der Waals surface area contributed by atoms with Crippen molar-refractivity contribution in [2.75, 3.05) is 14.2 Å². The lowest BCUT2D eigenvalue weighted by Gasteiger charge is -2.06. The van der Waals surface area contributed by atoms with E-state index in [0.29, 0.717) is 21.9 Å². The number of halogens is 1. The van der Waals surface area contributed by atoms with Crippen LogP contribution < -0.4 is 14.2 Å². The highest BCUT2D eigenvalue weighted by Gasteiger charge is 2.06. The zero-order chi connectivity index (χ0) is 15.9. The highest BCUT2D eigenvalue weighted by atomic mass is 79.9. The summed E-state index contributed by atoms with van der Waals surface area (Å²) < 4.78 is 16.0. The molecule has 1 heterocycles. The third kappa shape index (κ3) is 4.33. The normalized spacial score (nSPS) is 10.5. The van der Waals surface area contributed by atoms with E-state index in [1.165, 1.54) is 6.08 Å². The molecule has 114 valence electrons. The Morgan fingerprint density at radius 3 is 2.45 bits per heavy atom. The van der Waals surface area contributed by atoms with E-state index in [1.807, 2.05) is 0 Å². The van der Waals surface area contributed by atoms with Crippen molar-refractivity contribution in [1.82, 2.24) is 4.98 Å². The zero-order valence-electron chi connectivity index (χ0n) is 12.1. The lowest BCUT2D eigenvalue weighted by Crippen LogP contribution is -2.04. The first-order valence-corrected chi connectivity index (χ1v) is 7.15. The minimum Gasteiger partial charge on any atom is -0.497 e. The quantitative estimate of drug-likeness (QED) is 0.462. The van der Waals surface area contributed by atoms with E-state index in [0.717, 1.165) is 5.56 Å². The third-order valence-corrected chi connectivity index (χ3v) is 3.32. The second kappa shape index (κ2) is 7.61. The Morgan fingerprint density at radius 2 is 1.86 bits per heavy atom. The first kappa shape index (κ1) is 16.0. The minimum absolute atomic E-state index is 0.361. The van der Waals surface area contributed by atoms with Gasteiger partial charge in [-0.05, 0) is 51.8 Å². The molecule has 0 unspecified atom stereocenters. The highest BCUT2D eigenvalue weighted by Crippen LogP contribution is 2.24. The summed E-state index contributed by atoms with van der Waals surface area (Å²) in [6, 6.07) is 8.66. The predicted octanol–water partition coefficient (Wildman–Crippen LogP) is 3.48. The van der Waals surface area contributed by atoms with Crippen molar-refractivity contribution < 1.29 is 19.0 Å². The molecule has 0 N–H and O–H groups in total. The molecule has 2 rings (SSSR count). The molecular formula is C16H14BrNO4. The standard InChI is InChI=1S/C16H14BrNO4/c1-20-12-8-11(9-13(10-12)21-2)5-6-15(19)22-14-4-3-7-18-16(14)17/h3-10H,1-2H3/b6-5+. The zero-order valence-corrected chi connectivity index (χ0v) is 13.7. The number of carbonyl (C=O) groups excluding carboxylic acids is 1. The molecule has 0 atom stereocenters. The van der Waals surface area contributed by atoms with Crippen molar-refractivity contribution in [3.05, 3.63) is 52.8 Å². The van der Waals surface area contributed by atoms with Crippen LogP contribution in [-0.2, 0) is 4.79 Å². The Bertz CT molecular complexity index is 678. The molecule has 0 saturated carbocycles. The Kier molecular flexibility index (Phi) is 5.55. The van der Waals surface area contributed by atoms with Crippen LogP contribution in [0.5, 0.6) is 17.2 Å². The summed E-state index contributed by atoms with van der Waals surface area (Å²) in [6.45, 7) is 0. The summed E-state index contributed by atoms with van der Waals surface area (Å²) >= 11 is 3.21. The molecule has 0 bridgehead atoms. The van der Waals surface area contributed by atoms with Crippen LogP contribution in [0, 0.1) is 0 Å². The van der Waals surface area contributed by atoms with Crippen molar-refractivity contribution in [1.29, 1.82) is 0 Å². The van der Waals surface area contributed by atoms with Crippen LogP contribution in [0.4, 0.5) is 0 Å². The number of hydrogen-bond donors (Lipinski definition) is 0. The van der Waals surface area contributed by atoms with Crippen LogP contribution in [0.25, 0.3) is 6.08 Å². The predicted molar refractivity (Wildman–Crippen MR) is 86.2 cm³/mol. The highest BCUT2D eigenvalue weighted by molar-refractivity contribution is 9.10. The van der Waals surface area contributed by atoms with Gasteiger partial charge in [0.05, 0.1) is 14.2 Å². The number of benzene rings is 1. The molecule has 1 aromatic carbocycles. The summed E-state index contributed by atoms with van der Waals surface area (Å²) in [5, 5.41) is 0. The Labute approximate surface area is 136 Å². The van der Waals surface area contributed by atoms with Gasteiger partial charge < -0.3 is 14.2 Å². The molecule has 2 aromatic rings. The molecule has 0 spiro atoms. The summed E-state index contributed by atoms with van der Waals surface area (Å²) in [5.41, 5.74) is 0.762. The van der Waals surface area contributed by atoms with E-state index in [9.17, 15) is 4.79 Å². The van der Waals surface area contributed by atoms with E-state index < -0.39 is 5.97 Å². The van der Waals surface area contributed by atoms with Crippen LogP contribution in [-0.4, -0.2) is 25.2 Å². The molecule has 0 fully saturated rings. The summed E-state index contributed by atoms with van der Waals surface area (Å²) in [6.07, 6.45) is 4.55. The maximum absolute atomic E-state index is 11.8. The van der Waals surface area contributed by atoms with Crippen LogP contribution in [0.15, 0.2) is 47.2 Å². The van der Waals surface area contributed by atoms with Gasteiger partial charge in [-0.25, -0.2) is 9.78 Å². The molecule has 0 saturated heterocycles. The third-order valence-electron chi connectivity index (χ3n) is 2.72. The number of aromatic nitrogens is 1. The fourth-order valence-electron chi connectivity index (χ4n) is 1.68. The number of ether oxygens (including phenoxy) is 3. The Hall–Kier alpha value is -2.34. The number of esters is 1. The Morgan fingerprint density at radius 1 is 1.18 bits per heavy atom. The van der Waals surface area contributed by atoms with Crippen LogP contribution >= 0.6 is 15.9 Å². The van der Waals surface area contributed by atoms with E-state index in [-0.39, 0.29) is 0 Å². The lowest BCUT2D eigenvalue weighted by atomic mass is 10.2. The fraction of sp³-hybridized carbons (Fsp3) is 0.125. The maximum atomic E-state index is 11.8. The number of rotatable bonds is 5. The van der Waals surface area contributed by atoms with Gasteiger partial charge in [0.1, 0.15) is 16.1 Å². The van der Waals surface area contributed by atoms with Gasteiger partial charge in [-0.2, -0.15) is 0 Å². The first-order valence-electron chi connectivity index (χ1n) is 6.36. The monoisotopic (exact) mass is 363 g/mol. The molecule has 22 heavy (non-hydrogen) atoms. The topological polar surface area (TPSA) is 57.7 Å². The van der Waals surface area contributed by atoms with E-state index in [4.69, 9.17) is 14.2 Å². The van der Waals surface area contributed by atoms with Gasteiger partial charge in [-0.15, -0.1) is 0 Å². The number of carbonyl (C=O) groups is 1. The van der Waals surface area contributed by atoms with Gasteiger partial charge in [-0.1, -0.05) is 0 Å². The van der Waals surface area contributed by atoms with Crippen molar-refractivity contribution >= 4 is 28.0 Å². The number of methoxy groups -OCH3 is 2. The van der Waals surface area contributed by atoms with Crippen LogP contribution in [0.1, 0.15) is 5.56 Å². The number of nitrogens with zero attached hydrogens (tertiary/aromatic N) is 1. The van der Waals surface area contributed by atoms with Gasteiger partial charge in [0.25, 0.3) is 0 Å². The summed E-state index contributed by atoms with van der Waals surface area (Å²) in [5.74, 6) is 1.14. The Balaban J connectivity index is 2.11. The minimum atomic E-state index is -0.504. The lowest BCUT2D eigenvalue weighted by molar-refractivity contribution is -0.128. The largest absolute Gasteiger partial charge is 0.497 e. The average Bonchev–Trinajstić information content (AvgIpc) is 2.54. The molecule has 5 nitrogen and oxygen atoms in total. The number of pyridine rings is 1. The molecule has 0 aliphatic heterocycles. The molecule has 6 heteroatoms. The van der Waals surface area contributed by atoms with Crippen molar-refractivity contribution in [3.8, 4) is 17.2 Å². The molecule has 1 aromatic heterocycles. The molecule has 0 aliphatic carbocycles. The maximum Gasteiger partial charge on any atom is 0.336 e. The SMILES string of the molecule is COc1cc(/C=C/C(=O)Oc2cccnc2Br)cc(OC)c1. The second-order valence-electron chi connectivity index (χ2n) is 4.19. The first-order chi connectivity index (χ1) is 10.6. The van der Waals surface area contributed by atoms with Gasteiger partial charge in [0.15, 0.2) is 5.75 Å². The van der Waals surface area contributed by atoms with E-state index in [2.05, 4.69) is 20.9 Å². The molecule has 0 amide bonds. The smallest absolute Gasteiger partial charge is 0.336 e. The van der Waals surface area contributed by atoms with Crippen molar-refractivity contribution in [2.45, 2.75) is 0 Å². The van der Waals surface area contributed by atoms with Gasteiger partial charge in [0.2, 0.25) is 0 Å². The van der Waals surface area contributed by atoms with E-state index >= 15 is 0 Å². The second-order valence-corrected chi connectivity index (χ2v) is 4.94. The summed E-state index contributed by atoms with van der Waals surface area (Å²) in [7, 11) is 3.13. The molecule has 0 aliphatic rings. The average molecular weight is 364 g/mol. The van der Waals surface area contributed by atoms with Crippen LogP contribution in [0.2, 0.25) is 0 Å². The van der Waals surface area contributed by atoms with Crippen molar-refractivity contribution in [2.24, 2.45) is 0 Å².